The van der Waals surface area contributed by atoms with Crippen molar-refractivity contribution in [1.82, 2.24) is 9.88 Å². The lowest BCUT2D eigenvalue weighted by molar-refractivity contribution is -0.144. The van der Waals surface area contributed by atoms with E-state index in [1.807, 2.05) is 48.5 Å². The average molecular weight is 364 g/mol. The molecule has 4 rings (SSSR count). The summed E-state index contributed by atoms with van der Waals surface area (Å²) in [7, 11) is 0. The number of aliphatic hydroxyl groups is 1. The number of aliphatic hydroxyl groups excluding tert-OH is 1. The first-order valence-corrected chi connectivity index (χ1v) is 8.89. The number of carboxylic acids is 1. The molecule has 0 bridgehead atoms. The van der Waals surface area contributed by atoms with Crippen LogP contribution in [-0.2, 0) is 4.79 Å². The molecule has 138 valence electrons. The van der Waals surface area contributed by atoms with E-state index < -0.39 is 18.0 Å². The minimum atomic E-state index is -0.990. The normalized spacial score (nSPS) is 20.0. The topological polar surface area (TPSA) is 93.6 Å². The molecule has 27 heavy (non-hydrogen) atoms. The number of carboxylic acid groups (broad SMARTS) is 1. The van der Waals surface area contributed by atoms with Gasteiger partial charge in [-0.15, -0.1) is 0 Å². The summed E-state index contributed by atoms with van der Waals surface area (Å²) >= 11 is 0. The highest BCUT2D eigenvalue weighted by Gasteiger charge is 2.33. The van der Waals surface area contributed by atoms with E-state index in [2.05, 4.69) is 4.98 Å². The third kappa shape index (κ3) is 3.44. The van der Waals surface area contributed by atoms with Gasteiger partial charge in [-0.05, 0) is 29.7 Å². The molecule has 6 nitrogen and oxygen atoms in total. The van der Waals surface area contributed by atoms with Crippen molar-refractivity contribution in [2.45, 2.75) is 12.5 Å². The van der Waals surface area contributed by atoms with Crippen molar-refractivity contribution in [3.8, 4) is 11.1 Å². The second kappa shape index (κ2) is 6.89. The van der Waals surface area contributed by atoms with Crippen LogP contribution in [0.1, 0.15) is 16.9 Å². The standard InChI is InChI=1S/C21H20N2O4/c24-17-8-16(21(26)27)11-23(12-17)20(25)19-10-15-7-6-14(9-18(15)22-19)13-4-2-1-3-5-13/h1-7,9-10,16-17,22,24H,8,11-12H2,(H,26,27). The average Bonchev–Trinajstić information content (AvgIpc) is 3.10. The largest absolute Gasteiger partial charge is 0.481 e. The molecule has 0 aliphatic carbocycles. The van der Waals surface area contributed by atoms with Gasteiger partial charge in [0.15, 0.2) is 0 Å². The Hall–Kier alpha value is -3.12. The highest BCUT2D eigenvalue weighted by Crippen LogP contribution is 2.26. The first-order valence-electron chi connectivity index (χ1n) is 8.89. The number of nitrogens with zero attached hydrogens (tertiary/aromatic N) is 1. The van der Waals surface area contributed by atoms with Crippen molar-refractivity contribution in [3.63, 3.8) is 0 Å². The van der Waals surface area contributed by atoms with Crippen molar-refractivity contribution < 1.29 is 19.8 Å². The number of piperidine rings is 1. The van der Waals surface area contributed by atoms with Gasteiger partial charge in [0.05, 0.1) is 12.0 Å². The zero-order chi connectivity index (χ0) is 19.0. The van der Waals surface area contributed by atoms with Crippen LogP contribution in [0.2, 0.25) is 0 Å². The van der Waals surface area contributed by atoms with Crippen LogP contribution in [0.25, 0.3) is 22.0 Å². The van der Waals surface area contributed by atoms with Gasteiger partial charge in [0.2, 0.25) is 0 Å². The zero-order valence-electron chi connectivity index (χ0n) is 14.6. The first kappa shape index (κ1) is 17.3. The van der Waals surface area contributed by atoms with Crippen LogP contribution in [0.4, 0.5) is 0 Å². The number of aromatic amines is 1. The molecule has 1 saturated heterocycles. The number of carbonyl (C=O) groups excluding carboxylic acids is 1. The number of hydrogen-bond acceptors (Lipinski definition) is 3. The molecule has 1 fully saturated rings. The van der Waals surface area contributed by atoms with Gasteiger partial charge in [-0.2, -0.15) is 0 Å². The molecule has 2 unspecified atom stereocenters. The van der Waals surface area contributed by atoms with E-state index in [1.165, 1.54) is 4.90 Å². The maximum absolute atomic E-state index is 12.8. The molecular formula is C21H20N2O4. The smallest absolute Gasteiger partial charge is 0.308 e. The summed E-state index contributed by atoms with van der Waals surface area (Å²) < 4.78 is 0. The summed E-state index contributed by atoms with van der Waals surface area (Å²) in [4.78, 5) is 28.6. The highest BCUT2D eigenvalue weighted by atomic mass is 16.4. The van der Waals surface area contributed by atoms with Gasteiger partial charge in [-0.1, -0.05) is 42.5 Å². The Morgan fingerprint density at radius 2 is 1.78 bits per heavy atom. The van der Waals surface area contributed by atoms with Crippen molar-refractivity contribution in [3.05, 3.63) is 60.3 Å². The predicted octanol–water partition coefficient (Wildman–Crippen LogP) is 2.74. The van der Waals surface area contributed by atoms with E-state index in [1.54, 1.807) is 6.07 Å². The zero-order valence-corrected chi connectivity index (χ0v) is 14.6. The molecule has 3 aromatic rings. The second-order valence-electron chi connectivity index (χ2n) is 6.99. The van der Waals surface area contributed by atoms with Crippen LogP contribution in [0.3, 0.4) is 0 Å². The lowest BCUT2D eigenvalue weighted by atomic mass is 9.96. The van der Waals surface area contributed by atoms with Crippen LogP contribution < -0.4 is 0 Å². The fraction of sp³-hybridized carbons (Fsp3) is 0.238. The summed E-state index contributed by atoms with van der Waals surface area (Å²) in [6, 6.07) is 17.7. The Balaban J connectivity index is 1.62. The number of aromatic nitrogens is 1. The fourth-order valence-electron chi connectivity index (χ4n) is 3.64. The second-order valence-corrected chi connectivity index (χ2v) is 6.99. The van der Waals surface area contributed by atoms with E-state index in [0.717, 1.165) is 22.0 Å². The number of nitrogens with one attached hydrogen (secondary N) is 1. The summed E-state index contributed by atoms with van der Waals surface area (Å²) in [5.41, 5.74) is 3.37. The van der Waals surface area contributed by atoms with Crippen molar-refractivity contribution >= 4 is 22.8 Å². The predicted molar refractivity (Wildman–Crippen MR) is 101 cm³/mol. The van der Waals surface area contributed by atoms with E-state index in [-0.39, 0.29) is 25.4 Å². The fourth-order valence-corrected chi connectivity index (χ4v) is 3.64. The van der Waals surface area contributed by atoms with Gasteiger partial charge < -0.3 is 20.1 Å². The molecule has 2 heterocycles. The lowest BCUT2D eigenvalue weighted by Gasteiger charge is -2.33. The Labute approximate surface area is 156 Å². The molecule has 6 heteroatoms. The molecule has 3 N–H and O–H groups in total. The molecule has 2 atom stereocenters. The molecule has 0 saturated carbocycles. The maximum Gasteiger partial charge on any atom is 0.308 e. The number of carbonyl (C=O) groups is 2. The molecule has 1 amide bonds. The summed E-state index contributed by atoms with van der Waals surface area (Å²) in [6.45, 7) is 0.253. The van der Waals surface area contributed by atoms with Gasteiger partial charge in [0, 0.05) is 24.0 Å². The van der Waals surface area contributed by atoms with Crippen molar-refractivity contribution in [2.24, 2.45) is 5.92 Å². The first-order chi connectivity index (χ1) is 13.0. The number of fused-ring (bicyclic) bond motifs is 1. The van der Waals surface area contributed by atoms with Crippen LogP contribution >= 0.6 is 0 Å². The number of aliphatic carboxylic acids is 1. The highest BCUT2D eigenvalue weighted by molar-refractivity contribution is 5.99. The van der Waals surface area contributed by atoms with E-state index in [0.29, 0.717) is 5.69 Å². The minimum Gasteiger partial charge on any atom is -0.481 e. The summed E-state index contributed by atoms with van der Waals surface area (Å²) in [6.07, 6.45) is -0.649. The quantitative estimate of drug-likeness (QED) is 0.666. The number of amides is 1. The maximum atomic E-state index is 12.8. The lowest BCUT2D eigenvalue weighted by Crippen LogP contribution is -2.48. The Bertz CT molecular complexity index is 996. The molecule has 0 radical (unpaired) electrons. The molecule has 1 aromatic heterocycles. The van der Waals surface area contributed by atoms with Gasteiger partial charge in [-0.25, -0.2) is 0 Å². The van der Waals surface area contributed by atoms with Crippen LogP contribution in [0.5, 0.6) is 0 Å². The van der Waals surface area contributed by atoms with Crippen LogP contribution in [0.15, 0.2) is 54.6 Å². The Kier molecular flexibility index (Phi) is 4.41. The molecule has 1 aliphatic rings. The Morgan fingerprint density at radius 3 is 2.52 bits per heavy atom. The van der Waals surface area contributed by atoms with E-state index in [4.69, 9.17) is 0 Å². The van der Waals surface area contributed by atoms with Crippen LogP contribution in [-0.4, -0.2) is 51.2 Å². The molecule has 1 aliphatic heterocycles. The summed E-state index contributed by atoms with van der Waals surface area (Å²) in [5.74, 6) is -2.03. The van der Waals surface area contributed by atoms with Crippen molar-refractivity contribution in [2.75, 3.05) is 13.1 Å². The van der Waals surface area contributed by atoms with Gasteiger partial charge in [-0.3, -0.25) is 9.59 Å². The monoisotopic (exact) mass is 364 g/mol. The van der Waals surface area contributed by atoms with Gasteiger partial charge in [0.1, 0.15) is 5.69 Å². The van der Waals surface area contributed by atoms with Crippen molar-refractivity contribution in [1.29, 1.82) is 0 Å². The number of rotatable bonds is 3. The number of benzene rings is 2. The van der Waals surface area contributed by atoms with E-state index >= 15 is 0 Å². The number of likely N-dealkylation sites (tertiary alicyclic amines) is 1. The summed E-state index contributed by atoms with van der Waals surface area (Å²) in [5, 5.41) is 20.1. The molecule has 2 aromatic carbocycles. The third-order valence-electron chi connectivity index (χ3n) is 5.02. The number of H-pyrrole nitrogens is 1. The Morgan fingerprint density at radius 1 is 1.00 bits per heavy atom. The van der Waals surface area contributed by atoms with Gasteiger partial charge in [0.25, 0.3) is 5.91 Å². The minimum absolute atomic E-state index is 0.107. The SMILES string of the molecule is O=C(O)C1CC(O)CN(C(=O)c2cc3ccc(-c4ccccc4)cc3[nH]2)C1. The molecule has 0 spiro atoms. The van der Waals surface area contributed by atoms with E-state index in [9.17, 15) is 19.8 Å². The third-order valence-corrected chi connectivity index (χ3v) is 5.02. The number of β-amino-alcohol motifs (C(OH)–C–C–N with tert-alkyl or cyclic N) is 1. The molecular weight excluding hydrogens is 344 g/mol. The van der Waals surface area contributed by atoms with Crippen LogP contribution in [0, 0.1) is 5.92 Å². The number of hydrogen-bond donors (Lipinski definition) is 3. The van der Waals surface area contributed by atoms with Gasteiger partial charge >= 0.3 is 5.97 Å².